The Morgan fingerprint density at radius 2 is 1.95 bits per heavy atom. The molecular weight excluding hydrogens is 504 g/mol. The zero-order chi connectivity index (χ0) is 28.3. The summed E-state index contributed by atoms with van der Waals surface area (Å²) in [6.07, 6.45) is 3.72. The van der Waals surface area contributed by atoms with Gasteiger partial charge in [-0.2, -0.15) is 5.26 Å². The molecule has 0 unspecified atom stereocenters. The smallest absolute Gasteiger partial charge is 0.408 e. The number of carbonyl (C=O) groups is 2. The Labute approximate surface area is 235 Å². The van der Waals surface area contributed by atoms with Crippen LogP contribution in [0, 0.1) is 11.3 Å². The molecule has 2 aromatic carbocycles. The lowest BCUT2D eigenvalue weighted by Crippen LogP contribution is -2.62. The highest BCUT2D eigenvalue weighted by molar-refractivity contribution is 5.91. The first-order valence-electron chi connectivity index (χ1n) is 14.3. The molecule has 210 valence electrons. The summed E-state index contributed by atoms with van der Waals surface area (Å²) in [7, 11) is 1.59. The number of rotatable bonds is 8. The maximum atomic E-state index is 14.6. The van der Waals surface area contributed by atoms with Crippen LogP contribution in [0.2, 0.25) is 0 Å². The molecule has 0 saturated carbocycles. The minimum absolute atomic E-state index is 0.0316. The Morgan fingerprint density at radius 3 is 2.65 bits per heavy atom. The van der Waals surface area contributed by atoms with Crippen LogP contribution in [0.5, 0.6) is 0 Å². The van der Waals surface area contributed by atoms with Crippen molar-refractivity contribution in [3.8, 4) is 6.07 Å². The normalized spacial score (nSPS) is 22.9. The average Bonchev–Trinajstić information content (AvgIpc) is 3.54. The van der Waals surface area contributed by atoms with E-state index in [0.717, 1.165) is 55.1 Å². The fraction of sp³-hybridized carbons (Fsp3) is 0.469. The lowest BCUT2D eigenvalue weighted by atomic mass is 9.84. The summed E-state index contributed by atoms with van der Waals surface area (Å²) in [6, 6.07) is 20.0. The molecule has 3 aromatic rings. The van der Waals surface area contributed by atoms with Crippen molar-refractivity contribution < 1.29 is 19.4 Å². The highest BCUT2D eigenvalue weighted by atomic mass is 16.5. The van der Waals surface area contributed by atoms with E-state index in [9.17, 15) is 20.0 Å². The second-order valence-corrected chi connectivity index (χ2v) is 11.1. The standard InChI is InChI=1S/C32H38N4O4/c1-3-34-27(18-25-13-12-24(21-33)17-29(25)34)15-14-26-11-7-8-16-35(26)30(37)32(19-23-9-5-4-6-10-23)20-28(40-2)22-36(32)31(38)39/h4-6,9-10,12-13,17-18,26,28H,3,7-8,11,14-16,19-20,22H2,1-2H3,(H,38,39)/t26-,28+,32+/m0/s1. The van der Waals surface area contributed by atoms with Crippen LogP contribution >= 0.6 is 0 Å². The molecule has 2 aliphatic rings. The fourth-order valence-electron chi connectivity index (χ4n) is 6.84. The number of fused-ring (bicyclic) bond motifs is 1. The molecule has 0 radical (unpaired) electrons. The summed E-state index contributed by atoms with van der Waals surface area (Å²) in [6.45, 7) is 3.73. The first kappa shape index (κ1) is 27.7. The van der Waals surface area contributed by atoms with Crippen LogP contribution in [0.1, 0.15) is 55.8 Å². The van der Waals surface area contributed by atoms with Gasteiger partial charge in [-0.15, -0.1) is 0 Å². The van der Waals surface area contributed by atoms with E-state index in [1.165, 1.54) is 10.6 Å². The van der Waals surface area contributed by atoms with Crippen LogP contribution < -0.4 is 0 Å². The molecule has 0 spiro atoms. The molecule has 3 heterocycles. The second-order valence-electron chi connectivity index (χ2n) is 11.1. The van der Waals surface area contributed by atoms with Crippen molar-refractivity contribution in [2.45, 2.75) is 76.1 Å². The van der Waals surface area contributed by atoms with Crippen LogP contribution in [-0.2, 0) is 28.9 Å². The molecular formula is C32H38N4O4. The van der Waals surface area contributed by atoms with E-state index >= 15 is 0 Å². The number of carbonyl (C=O) groups excluding carboxylic acids is 1. The van der Waals surface area contributed by atoms with E-state index in [4.69, 9.17) is 4.74 Å². The third-order valence-corrected chi connectivity index (χ3v) is 8.83. The summed E-state index contributed by atoms with van der Waals surface area (Å²) in [5.41, 5.74) is 2.64. The number of amides is 2. The van der Waals surface area contributed by atoms with E-state index in [1.807, 2.05) is 53.4 Å². The third-order valence-electron chi connectivity index (χ3n) is 8.83. The Bertz CT molecular complexity index is 1410. The molecule has 5 rings (SSSR count). The zero-order valence-corrected chi connectivity index (χ0v) is 23.4. The zero-order valence-electron chi connectivity index (χ0n) is 23.4. The van der Waals surface area contributed by atoms with Gasteiger partial charge in [0, 0.05) is 50.3 Å². The Balaban J connectivity index is 1.44. The van der Waals surface area contributed by atoms with Crippen LogP contribution in [0.3, 0.4) is 0 Å². The fourth-order valence-corrected chi connectivity index (χ4v) is 6.84. The van der Waals surface area contributed by atoms with Gasteiger partial charge in [-0.3, -0.25) is 9.69 Å². The Morgan fingerprint density at radius 1 is 1.15 bits per heavy atom. The van der Waals surface area contributed by atoms with Gasteiger partial charge in [-0.25, -0.2) is 4.79 Å². The molecule has 8 heteroatoms. The number of nitrogens with zero attached hydrogens (tertiary/aromatic N) is 4. The number of aromatic nitrogens is 1. The number of ether oxygens (including phenoxy) is 1. The van der Waals surface area contributed by atoms with E-state index in [2.05, 4.69) is 23.6 Å². The lowest BCUT2D eigenvalue weighted by Gasteiger charge is -2.44. The van der Waals surface area contributed by atoms with Gasteiger partial charge in [0.15, 0.2) is 0 Å². The summed E-state index contributed by atoms with van der Waals surface area (Å²) < 4.78 is 7.88. The minimum Gasteiger partial charge on any atom is -0.465 e. The van der Waals surface area contributed by atoms with Gasteiger partial charge in [0.25, 0.3) is 0 Å². The lowest BCUT2D eigenvalue weighted by molar-refractivity contribution is -0.146. The molecule has 2 aliphatic heterocycles. The second kappa shape index (κ2) is 11.7. The largest absolute Gasteiger partial charge is 0.465 e. The van der Waals surface area contributed by atoms with Crippen LogP contribution in [0.4, 0.5) is 4.79 Å². The molecule has 2 fully saturated rings. The first-order chi connectivity index (χ1) is 19.4. The van der Waals surface area contributed by atoms with Gasteiger partial charge < -0.3 is 19.3 Å². The predicted octanol–water partition coefficient (Wildman–Crippen LogP) is 5.23. The average molecular weight is 543 g/mol. The maximum absolute atomic E-state index is 14.6. The number of benzene rings is 2. The van der Waals surface area contributed by atoms with E-state index in [-0.39, 0.29) is 24.6 Å². The Hall–Kier alpha value is -3.83. The number of hydrogen-bond acceptors (Lipinski definition) is 4. The quantitative estimate of drug-likeness (QED) is 0.420. The van der Waals surface area contributed by atoms with Crippen molar-refractivity contribution >= 4 is 22.9 Å². The van der Waals surface area contributed by atoms with Crippen molar-refractivity contribution in [2.75, 3.05) is 20.2 Å². The van der Waals surface area contributed by atoms with E-state index in [0.29, 0.717) is 24.9 Å². The third kappa shape index (κ3) is 5.18. The molecule has 8 nitrogen and oxygen atoms in total. The van der Waals surface area contributed by atoms with Crippen LogP contribution in [0.15, 0.2) is 54.6 Å². The summed E-state index contributed by atoms with van der Waals surface area (Å²) >= 11 is 0. The predicted molar refractivity (Wildman–Crippen MR) is 153 cm³/mol. The molecule has 1 N–H and O–H groups in total. The van der Waals surface area contributed by atoms with Gasteiger partial charge in [0.1, 0.15) is 5.54 Å². The van der Waals surface area contributed by atoms with Crippen molar-refractivity contribution in [1.29, 1.82) is 5.26 Å². The number of methoxy groups -OCH3 is 1. The molecule has 1 aromatic heterocycles. The summed E-state index contributed by atoms with van der Waals surface area (Å²) in [4.78, 5) is 30.4. The van der Waals surface area contributed by atoms with Crippen molar-refractivity contribution in [3.05, 3.63) is 71.4 Å². The van der Waals surface area contributed by atoms with Gasteiger partial charge in [0.2, 0.25) is 5.91 Å². The van der Waals surface area contributed by atoms with Crippen molar-refractivity contribution in [3.63, 3.8) is 0 Å². The molecule has 0 aliphatic carbocycles. The minimum atomic E-state index is -1.20. The molecule has 2 saturated heterocycles. The number of piperidine rings is 1. The van der Waals surface area contributed by atoms with Gasteiger partial charge in [-0.05, 0) is 68.2 Å². The van der Waals surface area contributed by atoms with Gasteiger partial charge in [0.05, 0.1) is 24.3 Å². The van der Waals surface area contributed by atoms with Gasteiger partial charge >= 0.3 is 6.09 Å². The summed E-state index contributed by atoms with van der Waals surface area (Å²) in [5.74, 6) is -0.0994. The molecule has 40 heavy (non-hydrogen) atoms. The van der Waals surface area contributed by atoms with E-state index in [1.54, 1.807) is 7.11 Å². The molecule has 0 bridgehead atoms. The first-order valence-corrected chi connectivity index (χ1v) is 14.3. The van der Waals surface area contributed by atoms with Crippen LogP contribution in [0.25, 0.3) is 10.9 Å². The summed E-state index contributed by atoms with van der Waals surface area (Å²) in [5, 5.41) is 20.7. The van der Waals surface area contributed by atoms with E-state index < -0.39 is 11.6 Å². The maximum Gasteiger partial charge on any atom is 0.408 e. The van der Waals surface area contributed by atoms with Crippen molar-refractivity contribution in [2.24, 2.45) is 0 Å². The number of aryl methyl sites for hydroxylation is 2. The topological polar surface area (TPSA) is 98.8 Å². The molecule has 3 atom stereocenters. The monoisotopic (exact) mass is 542 g/mol. The van der Waals surface area contributed by atoms with Crippen molar-refractivity contribution in [1.82, 2.24) is 14.4 Å². The highest BCUT2D eigenvalue weighted by Crippen LogP contribution is 2.38. The SMILES string of the molecule is CCn1c(CC[C@@H]2CCCCN2C(=O)[C@@]2(Cc3ccccc3)C[C@@H](OC)CN2C(=O)O)cc2ccc(C#N)cc21. The Kier molecular flexibility index (Phi) is 8.13. The highest BCUT2D eigenvalue weighted by Gasteiger charge is 2.56. The van der Waals surface area contributed by atoms with Gasteiger partial charge in [-0.1, -0.05) is 36.4 Å². The number of nitriles is 1. The molecule has 2 amide bonds. The number of likely N-dealkylation sites (tertiary alicyclic amines) is 2. The number of carboxylic acid groups (broad SMARTS) is 1. The van der Waals surface area contributed by atoms with Crippen LogP contribution in [-0.4, -0.2) is 69.4 Å². The number of hydrogen-bond donors (Lipinski definition) is 1.